The van der Waals surface area contributed by atoms with Crippen molar-refractivity contribution in [3.05, 3.63) is 34.4 Å². The number of carbonyl (C=O) groups is 2. The Hall–Kier alpha value is -1.84. The minimum absolute atomic E-state index is 0.0346. The van der Waals surface area contributed by atoms with Crippen LogP contribution in [0.3, 0.4) is 0 Å². The quantitative estimate of drug-likeness (QED) is 0.737. The monoisotopic (exact) mass is 304 g/mol. The number of hydrogen-bond donors (Lipinski definition) is 0. The Morgan fingerprint density at radius 1 is 0.955 bits per heavy atom. The molecular formula is C18H24O4-2. The Bertz CT molecular complexity index is 548. The molecule has 0 aliphatic carbocycles. The van der Waals surface area contributed by atoms with Gasteiger partial charge in [-0.25, -0.2) is 0 Å². The Morgan fingerprint density at radius 2 is 1.50 bits per heavy atom. The second-order valence-corrected chi connectivity index (χ2v) is 5.95. The lowest BCUT2D eigenvalue weighted by molar-refractivity contribution is -0.255. The first-order chi connectivity index (χ1) is 10.3. The summed E-state index contributed by atoms with van der Waals surface area (Å²) in [6.45, 7) is 7.83. The van der Waals surface area contributed by atoms with E-state index >= 15 is 0 Å². The standard InChI is InChI=1S/C18H26O4/c1-5-7-11(3)13-9-10-14(17(19)20)15(12(4)8-6-2)16(13)18(21)22/h9-12H,5-8H2,1-4H3,(H,19,20)(H,21,22)/p-2. The average Bonchev–Trinajstić information content (AvgIpc) is 2.45. The van der Waals surface area contributed by atoms with Gasteiger partial charge in [0.25, 0.3) is 0 Å². The minimum Gasteiger partial charge on any atom is -0.545 e. The van der Waals surface area contributed by atoms with Crippen molar-refractivity contribution in [3.63, 3.8) is 0 Å². The predicted molar refractivity (Wildman–Crippen MR) is 81.7 cm³/mol. The number of carboxylic acid groups (broad SMARTS) is 2. The van der Waals surface area contributed by atoms with Gasteiger partial charge in [0.05, 0.1) is 11.9 Å². The van der Waals surface area contributed by atoms with E-state index in [1.54, 1.807) is 6.07 Å². The largest absolute Gasteiger partial charge is 0.545 e. The van der Waals surface area contributed by atoms with Crippen molar-refractivity contribution >= 4 is 11.9 Å². The number of benzene rings is 1. The number of rotatable bonds is 8. The van der Waals surface area contributed by atoms with Crippen molar-refractivity contribution < 1.29 is 19.8 Å². The maximum Gasteiger partial charge on any atom is 0.0721 e. The van der Waals surface area contributed by atoms with E-state index in [0.717, 1.165) is 19.3 Å². The highest BCUT2D eigenvalue weighted by Gasteiger charge is 2.21. The molecule has 122 valence electrons. The molecule has 0 radical (unpaired) electrons. The van der Waals surface area contributed by atoms with Gasteiger partial charge in [0.15, 0.2) is 0 Å². The van der Waals surface area contributed by atoms with Gasteiger partial charge in [-0.15, -0.1) is 0 Å². The fraction of sp³-hybridized carbons (Fsp3) is 0.556. The lowest BCUT2D eigenvalue weighted by Gasteiger charge is -2.26. The fourth-order valence-corrected chi connectivity index (χ4v) is 3.13. The van der Waals surface area contributed by atoms with E-state index in [2.05, 4.69) is 0 Å². The van der Waals surface area contributed by atoms with E-state index in [1.165, 1.54) is 6.07 Å². The zero-order valence-electron chi connectivity index (χ0n) is 13.8. The van der Waals surface area contributed by atoms with Crippen LogP contribution in [0.15, 0.2) is 12.1 Å². The van der Waals surface area contributed by atoms with Crippen molar-refractivity contribution in [2.45, 2.75) is 65.2 Å². The van der Waals surface area contributed by atoms with Crippen LogP contribution < -0.4 is 10.2 Å². The summed E-state index contributed by atoms with van der Waals surface area (Å²) in [5.41, 5.74) is 1.02. The summed E-state index contributed by atoms with van der Waals surface area (Å²) in [7, 11) is 0. The third-order valence-electron chi connectivity index (χ3n) is 4.17. The molecular weight excluding hydrogens is 280 g/mol. The van der Waals surface area contributed by atoms with Gasteiger partial charge in [0, 0.05) is 11.1 Å². The van der Waals surface area contributed by atoms with Gasteiger partial charge < -0.3 is 19.8 Å². The molecule has 0 N–H and O–H groups in total. The third kappa shape index (κ3) is 3.87. The zero-order valence-corrected chi connectivity index (χ0v) is 13.8. The van der Waals surface area contributed by atoms with Crippen molar-refractivity contribution in [1.29, 1.82) is 0 Å². The smallest absolute Gasteiger partial charge is 0.0721 e. The molecule has 0 aliphatic heterocycles. The van der Waals surface area contributed by atoms with Crippen LogP contribution in [0.2, 0.25) is 0 Å². The van der Waals surface area contributed by atoms with Crippen molar-refractivity contribution in [1.82, 2.24) is 0 Å². The molecule has 4 heteroatoms. The molecule has 0 spiro atoms. The molecule has 0 fully saturated rings. The van der Waals surface area contributed by atoms with Gasteiger partial charge in [-0.1, -0.05) is 52.7 Å². The first kappa shape index (κ1) is 18.2. The molecule has 0 saturated heterocycles. The summed E-state index contributed by atoms with van der Waals surface area (Å²) in [5, 5.41) is 23.1. The Morgan fingerprint density at radius 3 is 1.95 bits per heavy atom. The van der Waals surface area contributed by atoms with Crippen molar-refractivity contribution in [2.24, 2.45) is 0 Å². The Kier molecular flexibility index (Phi) is 6.60. The van der Waals surface area contributed by atoms with Crippen LogP contribution in [0.25, 0.3) is 0 Å². The van der Waals surface area contributed by atoms with Gasteiger partial charge in [0.1, 0.15) is 0 Å². The van der Waals surface area contributed by atoms with Crippen LogP contribution in [0.4, 0.5) is 0 Å². The Labute approximate surface area is 132 Å². The highest BCUT2D eigenvalue weighted by Crippen LogP contribution is 2.34. The molecule has 1 rings (SSSR count). The van der Waals surface area contributed by atoms with Crippen molar-refractivity contribution in [3.8, 4) is 0 Å². The van der Waals surface area contributed by atoms with Crippen LogP contribution in [0.1, 0.15) is 97.1 Å². The molecule has 0 heterocycles. The average molecular weight is 304 g/mol. The Balaban J connectivity index is 3.60. The molecule has 0 amide bonds. The number of carbonyl (C=O) groups excluding carboxylic acids is 2. The zero-order chi connectivity index (χ0) is 16.9. The highest BCUT2D eigenvalue weighted by molar-refractivity contribution is 5.96. The summed E-state index contributed by atoms with van der Waals surface area (Å²) in [6, 6.07) is 3.07. The number of aromatic carboxylic acids is 2. The molecule has 0 saturated carbocycles. The third-order valence-corrected chi connectivity index (χ3v) is 4.17. The van der Waals surface area contributed by atoms with Gasteiger partial charge in [-0.2, -0.15) is 0 Å². The topological polar surface area (TPSA) is 80.3 Å². The molecule has 22 heavy (non-hydrogen) atoms. The summed E-state index contributed by atoms with van der Waals surface area (Å²) in [6.07, 6.45) is 3.32. The maximum absolute atomic E-state index is 11.7. The van der Waals surface area contributed by atoms with E-state index in [4.69, 9.17) is 0 Å². The molecule has 0 bridgehead atoms. The molecule has 0 aliphatic rings. The summed E-state index contributed by atoms with van der Waals surface area (Å²) >= 11 is 0. The second-order valence-electron chi connectivity index (χ2n) is 5.95. The number of hydrogen-bond acceptors (Lipinski definition) is 4. The normalized spacial score (nSPS) is 13.6. The van der Waals surface area contributed by atoms with Crippen LogP contribution >= 0.6 is 0 Å². The SMILES string of the molecule is CCCC(C)c1ccc(C(=O)[O-])c(C(C)CCC)c1C(=O)[O-]. The van der Waals surface area contributed by atoms with E-state index in [1.807, 2.05) is 27.7 Å². The van der Waals surface area contributed by atoms with Crippen LogP contribution in [0, 0.1) is 0 Å². The molecule has 2 unspecified atom stereocenters. The van der Waals surface area contributed by atoms with E-state index in [9.17, 15) is 19.8 Å². The van der Waals surface area contributed by atoms with Gasteiger partial charge >= 0.3 is 0 Å². The molecule has 1 aromatic carbocycles. The lowest BCUT2D eigenvalue weighted by atomic mass is 9.82. The van der Waals surface area contributed by atoms with Crippen LogP contribution in [-0.2, 0) is 0 Å². The first-order valence-electron chi connectivity index (χ1n) is 7.94. The first-order valence-corrected chi connectivity index (χ1v) is 7.94. The minimum atomic E-state index is -1.34. The van der Waals surface area contributed by atoms with Gasteiger partial charge in [0.2, 0.25) is 0 Å². The number of carboxylic acids is 2. The molecule has 4 nitrogen and oxygen atoms in total. The predicted octanol–water partition coefficient (Wildman–Crippen LogP) is 2.22. The maximum atomic E-state index is 11.7. The fourth-order valence-electron chi connectivity index (χ4n) is 3.13. The second kappa shape index (κ2) is 7.97. The molecule has 0 aromatic heterocycles. The molecule has 2 atom stereocenters. The highest BCUT2D eigenvalue weighted by atomic mass is 16.4. The van der Waals surface area contributed by atoms with E-state index < -0.39 is 11.9 Å². The summed E-state index contributed by atoms with van der Waals surface area (Å²) in [5.74, 6) is -2.77. The van der Waals surface area contributed by atoms with Gasteiger partial charge in [-0.3, -0.25) is 0 Å². The van der Waals surface area contributed by atoms with Gasteiger partial charge in [-0.05, 0) is 35.8 Å². The van der Waals surface area contributed by atoms with E-state index in [-0.39, 0.29) is 23.0 Å². The van der Waals surface area contributed by atoms with E-state index in [0.29, 0.717) is 17.5 Å². The summed E-state index contributed by atoms with van der Waals surface area (Å²) in [4.78, 5) is 23.1. The summed E-state index contributed by atoms with van der Waals surface area (Å²) < 4.78 is 0. The lowest BCUT2D eigenvalue weighted by Crippen LogP contribution is -2.30. The van der Waals surface area contributed by atoms with Crippen molar-refractivity contribution in [2.75, 3.05) is 0 Å². The van der Waals surface area contributed by atoms with Crippen LogP contribution in [0.5, 0.6) is 0 Å². The molecule has 1 aromatic rings. The van der Waals surface area contributed by atoms with Crippen LogP contribution in [-0.4, -0.2) is 11.9 Å².